The van der Waals surface area contributed by atoms with E-state index in [1.165, 1.54) is 18.1 Å². The number of thioether (sulfide) groups is 1. The summed E-state index contributed by atoms with van der Waals surface area (Å²) in [6.07, 6.45) is 5.73. The number of rotatable bonds is 5. The maximum absolute atomic E-state index is 12.5. The lowest BCUT2D eigenvalue weighted by Crippen LogP contribution is -2.45. The van der Waals surface area contributed by atoms with Crippen LogP contribution in [-0.4, -0.2) is 33.2 Å². The molecule has 2 heterocycles. The SMILES string of the molecule is CC(Sc1ncnc2sc(-c3ccccc3)cc12)C(=O)NC(=O)NC1CCCC1. The second-order valence-corrected chi connectivity index (χ2v) is 9.44. The quantitative estimate of drug-likeness (QED) is 0.460. The fourth-order valence-electron chi connectivity index (χ4n) is 3.40. The van der Waals surface area contributed by atoms with E-state index in [9.17, 15) is 9.59 Å². The average molecular weight is 427 g/mol. The van der Waals surface area contributed by atoms with E-state index in [1.807, 2.05) is 18.2 Å². The van der Waals surface area contributed by atoms with Crippen molar-refractivity contribution >= 4 is 45.3 Å². The third kappa shape index (κ3) is 4.76. The topological polar surface area (TPSA) is 84.0 Å². The van der Waals surface area contributed by atoms with Crippen molar-refractivity contribution < 1.29 is 9.59 Å². The van der Waals surface area contributed by atoms with E-state index in [4.69, 9.17) is 0 Å². The molecule has 1 aliphatic carbocycles. The Bertz CT molecular complexity index is 1020. The maximum Gasteiger partial charge on any atom is 0.321 e. The molecule has 3 aromatic rings. The molecule has 0 radical (unpaired) electrons. The van der Waals surface area contributed by atoms with Gasteiger partial charge < -0.3 is 5.32 Å². The van der Waals surface area contributed by atoms with Crippen molar-refractivity contribution in [2.75, 3.05) is 0 Å². The third-order valence-corrected chi connectivity index (χ3v) is 7.14. The number of aromatic nitrogens is 2. The minimum Gasteiger partial charge on any atom is -0.335 e. The van der Waals surface area contributed by atoms with Crippen LogP contribution >= 0.6 is 23.1 Å². The molecule has 6 nitrogen and oxygen atoms in total. The number of carbonyl (C=O) groups excluding carboxylic acids is 2. The van der Waals surface area contributed by atoms with E-state index in [1.54, 1.807) is 18.3 Å². The molecular formula is C21H22N4O2S2. The minimum absolute atomic E-state index is 0.175. The van der Waals surface area contributed by atoms with Crippen molar-refractivity contribution in [3.8, 4) is 10.4 Å². The number of imide groups is 1. The van der Waals surface area contributed by atoms with Crippen molar-refractivity contribution in [1.29, 1.82) is 0 Å². The van der Waals surface area contributed by atoms with Gasteiger partial charge in [-0.25, -0.2) is 14.8 Å². The van der Waals surface area contributed by atoms with E-state index in [0.29, 0.717) is 0 Å². The van der Waals surface area contributed by atoms with Crippen LogP contribution < -0.4 is 10.6 Å². The van der Waals surface area contributed by atoms with Crippen LogP contribution in [0.1, 0.15) is 32.6 Å². The van der Waals surface area contributed by atoms with Gasteiger partial charge in [-0.05, 0) is 31.4 Å². The van der Waals surface area contributed by atoms with Gasteiger partial charge >= 0.3 is 6.03 Å². The lowest BCUT2D eigenvalue weighted by atomic mass is 10.2. The van der Waals surface area contributed by atoms with E-state index in [-0.39, 0.29) is 11.9 Å². The highest BCUT2D eigenvalue weighted by atomic mass is 32.2. The predicted molar refractivity (Wildman–Crippen MR) is 117 cm³/mol. The second-order valence-electron chi connectivity index (χ2n) is 7.08. The number of amides is 3. The van der Waals surface area contributed by atoms with Gasteiger partial charge in [-0.1, -0.05) is 54.9 Å². The van der Waals surface area contributed by atoms with Crippen molar-refractivity contribution in [2.45, 2.75) is 48.9 Å². The summed E-state index contributed by atoms with van der Waals surface area (Å²) in [5.41, 5.74) is 1.13. The van der Waals surface area contributed by atoms with Crippen LogP contribution in [0.3, 0.4) is 0 Å². The lowest BCUT2D eigenvalue weighted by Gasteiger charge is -2.14. The van der Waals surface area contributed by atoms with Gasteiger partial charge in [0.1, 0.15) is 16.2 Å². The largest absolute Gasteiger partial charge is 0.335 e. The Hall–Kier alpha value is -2.45. The number of nitrogens with one attached hydrogen (secondary N) is 2. The zero-order valence-electron chi connectivity index (χ0n) is 16.1. The molecule has 0 spiro atoms. The van der Waals surface area contributed by atoms with Crippen molar-refractivity contribution in [3.63, 3.8) is 0 Å². The first kappa shape index (κ1) is 19.8. The number of hydrogen-bond acceptors (Lipinski definition) is 6. The van der Waals surface area contributed by atoms with Gasteiger partial charge in [0.2, 0.25) is 5.91 Å². The molecule has 0 saturated heterocycles. The van der Waals surface area contributed by atoms with Gasteiger partial charge in [-0.3, -0.25) is 10.1 Å². The number of urea groups is 1. The molecule has 150 valence electrons. The van der Waals surface area contributed by atoms with Gasteiger partial charge in [-0.2, -0.15) is 0 Å². The monoisotopic (exact) mass is 426 g/mol. The summed E-state index contributed by atoms with van der Waals surface area (Å²) in [5.74, 6) is -0.323. The molecule has 1 fully saturated rings. The Labute approximate surface area is 177 Å². The smallest absolute Gasteiger partial charge is 0.321 e. The number of carbonyl (C=O) groups is 2. The van der Waals surface area contributed by atoms with Gasteiger partial charge in [0, 0.05) is 16.3 Å². The molecule has 29 heavy (non-hydrogen) atoms. The number of thiophene rings is 1. The Morgan fingerprint density at radius 2 is 1.93 bits per heavy atom. The molecular weight excluding hydrogens is 404 g/mol. The Kier molecular flexibility index (Phi) is 6.10. The fraction of sp³-hybridized carbons (Fsp3) is 0.333. The molecule has 1 unspecified atom stereocenters. The molecule has 1 atom stereocenters. The molecule has 1 aliphatic rings. The molecule has 2 N–H and O–H groups in total. The normalized spacial score (nSPS) is 15.3. The van der Waals surface area contributed by atoms with Crippen LogP contribution in [0.5, 0.6) is 0 Å². The van der Waals surface area contributed by atoms with Crippen molar-refractivity contribution in [3.05, 3.63) is 42.7 Å². The van der Waals surface area contributed by atoms with E-state index < -0.39 is 11.3 Å². The number of fused-ring (bicyclic) bond motifs is 1. The Morgan fingerprint density at radius 3 is 2.69 bits per heavy atom. The van der Waals surface area contributed by atoms with E-state index >= 15 is 0 Å². The molecule has 1 aromatic carbocycles. The highest BCUT2D eigenvalue weighted by Crippen LogP contribution is 2.37. The van der Waals surface area contributed by atoms with Gasteiger partial charge in [-0.15, -0.1) is 11.3 Å². The summed E-state index contributed by atoms with van der Waals surface area (Å²) in [7, 11) is 0. The lowest BCUT2D eigenvalue weighted by molar-refractivity contribution is -0.119. The van der Waals surface area contributed by atoms with E-state index in [0.717, 1.165) is 51.4 Å². The van der Waals surface area contributed by atoms with E-state index in [2.05, 4.69) is 38.8 Å². The number of nitrogens with zero attached hydrogens (tertiary/aromatic N) is 2. The summed E-state index contributed by atoms with van der Waals surface area (Å²) in [4.78, 5) is 35.3. The summed E-state index contributed by atoms with van der Waals surface area (Å²) < 4.78 is 0. The summed E-state index contributed by atoms with van der Waals surface area (Å²) in [6, 6.07) is 11.9. The molecule has 2 aromatic heterocycles. The molecule has 3 amide bonds. The van der Waals surface area contributed by atoms with Crippen molar-refractivity contribution in [2.24, 2.45) is 0 Å². The van der Waals surface area contributed by atoms with Crippen LogP contribution in [0.4, 0.5) is 4.79 Å². The highest BCUT2D eigenvalue weighted by molar-refractivity contribution is 8.00. The van der Waals surface area contributed by atoms with Crippen LogP contribution in [0.15, 0.2) is 47.8 Å². The number of benzene rings is 1. The summed E-state index contributed by atoms with van der Waals surface area (Å²) in [5, 5.41) is 6.54. The maximum atomic E-state index is 12.5. The molecule has 0 bridgehead atoms. The molecule has 8 heteroatoms. The van der Waals surface area contributed by atoms with Gasteiger partial charge in [0.05, 0.1) is 5.25 Å². The van der Waals surface area contributed by atoms with Gasteiger partial charge in [0.25, 0.3) is 0 Å². The zero-order chi connectivity index (χ0) is 20.2. The average Bonchev–Trinajstić information content (AvgIpc) is 3.38. The highest BCUT2D eigenvalue weighted by Gasteiger charge is 2.22. The van der Waals surface area contributed by atoms with Crippen LogP contribution in [-0.2, 0) is 4.79 Å². The second kappa shape index (κ2) is 8.92. The minimum atomic E-state index is -0.456. The number of hydrogen-bond donors (Lipinski definition) is 2. The molecule has 1 saturated carbocycles. The van der Waals surface area contributed by atoms with Crippen LogP contribution in [0, 0.1) is 0 Å². The zero-order valence-corrected chi connectivity index (χ0v) is 17.7. The molecule has 0 aliphatic heterocycles. The van der Waals surface area contributed by atoms with Crippen LogP contribution in [0.2, 0.25) is 0 Å². The summed E-state index contributed by atoms with van der Waals surface area (Å²) >= 11 is 2.94. The van der Waals surface area contributed by atoms with Gasteiger partial charge in [0.15, 0.2) is 0 Å². The molecule has 4 rings (SSSR count). The van der Waals surface area contributed by atoms with Crippen molar-refractivity contribution in [1.82, 2.24) is 20.6 Å². The fourth-order valence-corrected chi connectivity index (χ4v) is 5.36. The standard InChI is InChI=1S/C21H22N4O2S2/c1-13(18(26)25-21(27)24-15-9-5-6-10-15)28-19-16-11-17(14-7-3-2-4-8-14)29-20(16)23-12-22-19/h2-4,7-8,11-13,15H,5-6,9-10H2,1H3,(H2,24,25,26,27). The Balaban J connectivity index is 1.44. The van der Waals surface area contributed by atoms with Crippen LogP contribution in [0.25, 0.3) is 20.7 Å². The predicted octanol–water partition coefficient (Wildman–Crippen LogP) is 4.61. The Morgan fingerprint density at radius 1 is 1.17 bits per heavy atom. The summed E-state index contributed by atoms with van der Waals surface area (Å²) in [6.45, 7) is 1.78. The first-order chi connectivity index (χ1) is 14.1. The third-order valence-electron chi connectivity index (χ3n) is 4.94. The first-order valence-electron chi connectivity index (χ1n) is 9.68. The first-order valence-corrected chi connectivity index (χ1v) is 11.4.